The smallest absolute Gasteiger partial charge is 0.159 e. The Balaban J connectivity index is 1.54. The first kappa shape index (κ1) is 18.5. The van der Waals surface area contributed by atoms with E-state index >= 15 is 0 Å². The van der Waals surface area contributed by atoms with Crippen molar-refractivity contribution in [3.63, 3.8) is 0 Å². The molecule has 0 radical (unpaired) electrons. The predicted molar refractivity (Wildman–Crippen MR) is 109 cm³/mol. The highest BCUT2D eigenvalue weighted by molar-refractivity contribution is 5.89. The maximum absolute atomic E-state index is 13.8. The molecule has 0 aliphatic carbocycles. The number of hydrogen-bond donors (Lipinski definition) is 0. The number of pyridine rings is 1. The summed E-state index contributed by atoms with van der Waals surface area (Å²) in [6, 6.07) is 8.81. The largest absolute Gasteiger partial charge is 0.351 e. The molecule has 5 rings (SSSR count). The molecular weight excluding hydrogens is 389 g/mol. The van der Waals surface area contributed by atoms with Crippen LogP contribution in [0.4, 0.5) is 19.0 Å². The third-order valence-corrected chi connectivity index (χ3v) is 5.49. The lowest BCUT2D eigenvalue weighted by atomic mass is 9.97. The fourth-order valence-corrected chi connectivity index (χ4v) is 3.98. The Bertz CT molecular complexity index is 1290. The molecule has 0 unspecified atom stereocenters. The molecule has 4 nitrogen and oxygen atoms in total. The van der Waals surface area contributed by atoms with Crippen LogP contribution >= 0.6 is 0 Å². The summed E-state index contributed by atoms with van der Waals surface area (Å²) in [6.07, 6.45) is 3.88. The maximum Gasteiger partial charge on any atom is 0.159 e. The van der Waals surface area contributed by atoms with Gasteiger partial charge in [-0.05, 0) is 60.0 Å². The van der Waals surface area contributed by atoms with Crippen molar-refractivity contribution in [2.24, 2.45) is 0 Å². The number of halogens is 3. The number of aryl methyl sites for hydroxylation is 1. The summed E-state index contributed by atoms with van der Waals surface area (Å²) in [5, 5.41) is 0.654. The van der Waals surface area contributed by atoms with E-state index in [1.807, 2.05) is 6.07 Å². The zero-order valence-electron chi connectivity index (χ0n) is 16.2. The van der Waals surface area contributed by atoms with Crippen molar-refractivity contribution in [3.8, 4) is 11.1 Å². The minimum Gasteiger partial charge on any atom is -0.351 e. The van der Waals surface area contributed by atoms with Crippen molar-refractivity contribution in [2.75, 3.05) is 11.4 Å². The van der Waals surface area contributed by atoms with Gasteiger partial charge in [-0.25, -0.2) is 23.1 Å². The molecule has 2 aromatic carbocycles. The monoisotopic (exact) mass is 406 g/mol. The molecule has 3 heterocycles. The van der Waals surface area contributed by atoms with Gasteiger partial charge in [0.15, 0.2) is 11.6 Å². The van der Waals surface area contributed by atoms with Gasteiger partial charge in [-0.1, -0.05) is 0 Å². The Morgan fingerprint density at radius 3 is 2.63 bits per heavy atom. The normalized spacial score (nSPS) is 13.5. The molecule has 0 spiro atoms. The number of nitrogens with zero attached hydrogens (tertiary/aromatic N) is 4. The van der Waals surface area contributed by atoms with Crippen LogP contribution in [0.15, 0.2) is 48.9 Å². The molecule has 150 valence electrons. The van der Waals surface area contributed by atoms with Crippen molar-refractivity contribution < 1.29 is 13.2 Å². The number of fused-ring (bicyclic) bond motifs is 2. The average Bonchev–Trinajstić information content (AvgIpc) is 2.75. The number of hydrogen-bond acceptors (Lipinski definition) is 4. The molecule has 0 amide bonds. The van der Waals surface area contributed by atoms with Gasteiger partial charge >= 0.3 is 0 Å². The van der Waals surface area contributed by atoms with Gasteiger partial charge in [-0.3, -0.25) is 4.98 Å². The Morgan fingerprint density at radius 2 is 1.77 bits per heavy atom. The molecular formula is C23H17F3N4. The first-order chi connectivity index (χ1) is 14.5. The first-order valence-electron chi connectivity index (χ1n) is 9.58. The Kier molecular flexibility index (Phi) is 4.38. The van der Waals surface area contributed by atoms with Crippen LogP contribution < -0.4 is 4.90 Å². The van der Waals surface area contributed by atoms with E-state index in [1.165, 1.54) is 30.6 Å². The molecule has 0 atom stereocenters. The summed E-state index contributed by atoms with van der Waals surface area (Å²) in [4.78, 5) is 15.2. The fourth-order valence-electron chi connectivity index (χ4n) is 3.98. The highest BCUT2D eigenvalue weighted by atomic mass is 19.2. The highest BCUT2D eigenvalue weighted by Crippen LogP contribution is 2.31. The summed E-state index contributed by atoms with van der Waals surface area (Å²) >= 11 is 0. The minimum atomic E-state index is -0.885. The van der Waals surface area contributed by atoms with E-state index in [4.69, 9.17) is 0 Å². The summed E-state index contributed by atoms with van der Waals surface area (Å²) in [6.45, 7) is 2.96. The minimum absolute atomic E-state index is 0.339. The second kappa shape index (κ2) is 7.09. The summed E-state index contributed by atoms with van der Waals surface area (Å²) in [5.74, 6) is -1.42. The molecule has 4 aromatic rings. The van der Waals surface area contributed by atoms with Gasteiger partial charge in [-0.15, -0.1) is 0 Å². The third kappa shape index (κ3) is 3.16. The predicted octanol–water partition coefficient (Wildman–Crippen LogP) is 4.98. The first-order valence-corrected chi connectivity index (χ1v) is 9.58. The second-order valence-corrected chi connectivity index (χ2v) is 7.44. The summed E-state index contributed by atoms with van der Waals surface area (Å²) < 4.78 is 41.1. The maximum atomic E-state index is 13.8. The van der Waals surface area contributed by atoms with Gasteiger partial charge in [0, 0.05) is 42.4 Å². The number of aromatic nitrogens is 3. The van der Waals surface area contributed by atoms with Gasteiger partial charge in [0.05, 0.1) is 5.52 Å². The third-order valence-electron chi connectivity index (χ3n) is 5.49. The Morgan fingerprint density at radius 1 is 0.933 bits per heavy atom. The van der Waals surface area contributed by atoms with Crippen molar-refractivity contribution in [2.45, 2.75) is 19.9 Å². The molecule has 30 heavy (non-hydrogen) atoms. The molecule has 0 bridgehead atoms. The van der Waals surface area contributed by atoms with Gasteiger partial charge < -0.3 is 4.90 Å². The number of anilines is 1. The topological polar surface area (TPSA) is 41.9 Å². The number of rotatable bonds is 2. The summed E-state index contributed by atoms with van der Waals surface area (Å²) in [5.41, 5.74) is 4.59. The van der Waals surface area contributed by atoms with Crippen molar-refractivity contribution in [1.82, 2.24) is 15.0 Å². The van der Waals surface area contributed by atoms with E-state index in [0.717, 1.165) is 16.8 Å². The molecule has 7 heteroatoms. The van der Waals surface area contributed by atoms with Crippen LogP contribution in [0.1, 0.15) is 16.8 Å². The van der Waals surface area contributed by atoms with E-state index in [9.17, 15) is 13.2 Å². The van der Waals surface area contributed by atoms with Crippen LogP contribution in [0, 0.1) is 24.4 Å². The van der Waals surface area contributed by atoms with E-state index in [1.54, 1.807) is 19.2 Å². The van der Waals surface area contributed by atoms with E-state index in [-0.39, 0.29) is 5.82 Å². The lowest BCUT2D eigenvalue weighted by Gasteiger charge is -2.30. The van der Waals surface area contributed by atoms with E-state index in [0.29, 0.717) is 47.4 Å². The SMILES string of the molecule is Cc1cc(F)c(F)cc1-c1cnc2c(c1)CN(c1ncnc3ccc(F)cc13)CC2. The zero-order chi connectivity index (χ0) is 20.8. The van der Waals surface area contributed by atoms with Crippen molar-refractivity contribution in [3.05, 3.63) is 83.2 Å². The van der Waals surface area contributed by atoms with Crippen LogP contribution in [0.25, 0.3) is 22.0 Å². The molecule has 1 aliphatic rings. The molecule has 0 fully saturated rings. The van der Waals surface area contributed by atoms with Crippen LogP contribution in [0.5, 0.6) is 0 Å². The second-order valence-electron chi connectivity index (χ2n) is 7.44. The lowest BCUT2D eigenvalue weighted by Crippen LogP contribution is -2.31. The van der Waals surface area contributed by atoms with Crippen LogP contribution in [0.3, 0.4) is 0 Å². The average molecular weight is 406 g/mol. The van der Waals surface area contributed by atoms with Crippen LogP contribution in [0.2, 0.25) is 0 Å². The van der Waals surface area contributed by atoms with Gasteiger partial charge in [0.25, 0.3) is 0 Å². The lowest BCUT2D eigenvalue weighted by molar-refractivity contribution is 0.508. The van der Waals surface area contributed by atoms with Crippen molar-refractivity contribution in [1.29, 1.82) is 0 Å². The quantitative estimate of drug-likeness (QED) is 0.471. The zero-order valence-corrected chi connectivity index (χ0v) is 16.2. The summed E-state index contributed by atoms with van der Waals surface area (Å²) in [7, 11) is 0. The van der Waals surface area contributed by atoms with E-state index in [2.05, 4.69) is 19.9 Å². The molecule has 0 N–H and O–H groups in total. The standard InChI is InChI=1S/C23H17F3N4/c1-13-6-19(25)20(26)9-17(13)14-7-15-11-30(5-4-21(15)27-10-14)23-18-8-16(24)2-3-22(18)28-12-29-23/h2-3,6-10,12H,4-5,11H2,1H3. The van der Waals surface area contributed by atoms with Crippen LogP contribution in [-0.4, -0.2) is 21.5 Å². The molecule has 0 saturated heterocycles. The molecule has 0 saturated carbocycles. The van der Waals surface area contributed by atoms with Crippen LogP contribution in [-0.2, 0) is 13.0 Å². The molecule has 2 aromatic heterocycles. The number of benzene rings is 2. The van der Waals surface area contributed by atoms with Crippen molar-refractivity contribution >= 4 is 16.7 Å². The van der Waals surface area contributed by atoms with Gasteiger partial charge in [0.2, 0.25) is 0 Å². The Labute approximate surface area is 171 Å². The van der Waals surface area contributed by atoms with Gasteiger partial charge in [-0.2, -0.15) is 0 Å². The fraction of sp³-hybridized carbons (Fsp3) is 0.174. The highest BCUT2D eigenvalue weighted by Gasteiger charge is 2.22. The Hall–Kier alpha value is -3.48. The van der Waals surface area contributed by atoms with Gasteiger partial charge in [0.1, 0.15) is 18.0 Å². The molecule has 1 aliphatic heterocycles. The van der Waals surface area contributed by atoms with E-state index < -0.39 is 11.6 Å².